The van der Waals surface area contributed by atoms with Crippen molar-refractivity contribution in [2.24, 2.45) is 4.99 Å². The molecule has 0 bridgehead atoms. The van der Waals surface area contributed by atoms with Crippen LogP contribution in [0.5, 0.6) is 5.75 Å². The van der Waals surface area contributed by atoms with Crippen molar-refractivity contribution in [2.45, 2.75) is 19.3 Å². The molecule has 0 atom stereocenters. The second-order valence-electron chi connectivity index (χ2n) is 5.60. The second kappa shape index (κ2) is 5.51. The van der Waals surface area contributed by atoms with Crippen LogP contribution < -0.4 is 10.1 Å². The zero-order valence-electron chi connectivity index (χ0n) is 12.2. The summed E-state index contributed by atoms with van der Waals surface area (Å²) in [6.07, 6.45) is 0. The van der Waals surface area contributed by atoms with Crippen LogP contribution in [0.2, 0.25) is 0 Å². The minimum atomic E-state index is 0.0283. The molecule has 0 fully saturated rings. The van der Waals surface area contributed by atoms with E-state index in [1.54, 1.807) is 7.11 Å². The number of aliphatic imine (C=N–C) groups is 1. The number of nitrogens with one attached hydrogen (secondary N) is 1. The normalized spacial score (nSPS) is 15.4. The topological polar surface area (TPSA) is 36.9 Å². The van der Waals surface area contributed by atoms with Crippen molar-refractivity contribution in [2.75, 3.05) is 33.8 Å². The molecule has 104 valence electrons. The molecule has 2 rings (SSSR count). The van der Waals surface area contributed by atoms with Crippen molar-refractivity contribution in [1.82, 2.24) is 10.2 Å². The minimum Gasteiger partial charge on any atom is -0.497 e. The van der Waals surface area contributed by atoms with Crippen LogP contribution in [0.1, 0.15) is 19.4 Å². The largest absolute Gasteiger partial charge is 0.497 e. The number of hydrogen-bond acceptors (Lipinski definition) is 4. The van der Waals surface area contributed by atoms with E-state index in [9.17, 15) is 0 Å². The Morgan fingerprint density at radius 2 is 2.21 bits per heavy atom. The molecule has 1 aromatic rings. The van der Waals surface area contributed by atoms with Crippen molar-refractivity contribution >= 4 is 5.96 Å². The van der Waals surface area contributed by atoms with E-state index >= 15 is 0 Å². The van der Waals surface area contributed by atoms with Crippen LogP contribution in [0, 0.1) is 0 Å². The average molecular weight is 261 g/mol. The Bertz CT molecular complexity index is 468. The molecule has 0 saturated carbocycles. The van der Waals surface area contributed by atoms with E-state index in [1.165, 1.54) is 5.56 Å². The molecule has 0 amide bonds. The number of rotatable bonds is 4. The molecule has 0 saturated heterocycles. The summed E-state index contributed by atoms with van der Waals surface area (Å²) in [5.41, 5.74) is 1.29. The Kier molecular flexibility index (Phi) is 3.98. The summed E-state index contributed by atoms with van der Waals surface area (Å²) in [7, 11) is 3.77. The SMILES string of the molecule is COc1cccc(C(C)(C)CNC2=NCCN2C)c1. The molecule has 1 aliphatic rings. The van der Waals surface area contributed by atoms with Crippen LogP contribution >= 0.6 is 0 Å². The molecule has 0 aliphatic carbocycles. The van der Waals surface area contributed by atoms with Gasteiger partial charge >= 0.3 is 0 Å². The Hall–Kier alpha value is -1.71. The van der Waals surface area contributed by atoms with E-state index in [0.717, 1.165) is 31.3 Å². The first-order valence-corrected chi connectivity index (χ1v) is 6.67. The van der Waals surface area contributed by atoms with Gasteiger partial charge in [-0.1, -0.05) is 26.0 Å². The molecule has 19 heavy (non-hydrogen) atoms. The summed E-state index contributed by atoms with van der Waals surface area (Å²) in [5, 5.41) is 3.44. The Labute approximate surface area is 115 Å². The van der Waals surface area contributed by atoms with Gasteiger partial charge in [0.2, 0.25) is 0 Å². The lowest BCUT2D eigenvalue weighted by atomic mass is 9.84. The highest BCUT2D eigenvalue weighted by Crippen LogP contribution is 2.25. The first-order chi connectivity index (χ1) is 9.03. The fraction of sp³-hybridized carbons (Fsp3) is 0.533. The maximum Gasteiger partial charge on any atom is 0.193 e. The minimum absolute atomic E-state index is 0.0283. The molecule has 4 nitrogen and oxygen atoms in total. The van der Waals surface area contributed by atoms with Crippen molar-refractivity contribution < 1.29 is 4.74 Å². The van der Waals surface area contributed by atoms with E-state index in [0.29, 0.717) is 0 Å². The molecular formula is C15H23N3O. The number of guanidine groups is 1. The van der Waals surface area contributed by atoms with Crippen LogP contribution in [0.3, 0.4) is 0 Å². The van der Waals surface area contributed by atoms with Crippen LogP contribution in [0.15, 0.2) is 29.3 Å². The number of likely N-dealkylation sites (N-methyl/N-ethyl adjacent to an activating group) is 1. The third kappa shape index (κ3) is 3.19. The summed E-state index contributed by atoms with van der Waals surface area (Å²) >= 11 is 0. The maximum atomic E-state index is 5.29. The average Bonchev–Trinajstić information content (AvgIpc) is 2.82. The fourth-order valence-corrected chi connectivity index (χ4v) is 2.17. The van der Waals surface area contributed by atoms with Gasteiger partial charge in [0.15, 0.2) is 5.96 Å². The number of hydrogen-bond donors (Lipinski definition) is 1. The maximum absolute atomic E-state index is 5.29. The molecule has 1 aliphatic heterocycles. The van der Waals surface area contributed by atoms with Crippen molar-refractivity contribution in [3.8, 4) is 5.75 Å². The van der Waals surface area contributed by atoms with E-state index in [2.05, 4.69) is 48.2 Å². The molecule has 1 heterocycles. The van der Waals surface area contributed by atoms with Crippen molar-refractivity contribution in [3.05, 3.63) is 29.8 Å². The highest BCUT2D eigenvalue weighted by molar-refractivity contribution is 5.81. The Morgan fingerprint density at radius 3 is 2.84 bits per heavy atom. The molecule has 0 spiro atoms. The van der Waals surface area contributed by atoms with Gasteiger partial charge in [-0.05, 0) is 17.7 Å². The summed E-state index contributed by atoms with van der Waals surface area (Å²) in [5.74, 6) is 1.90. The van der Waals surface area contributed by atoms with Crippen molar-refractivity contribution in [3.63, 3.8) is 0 Å². The second-order valence-corrected chi connectivity index (χ2v) is 5.60. The number of methoxy groups -OCH3 is 1. The number of nitrogens with zero attached hydrogens (tertiary/aromatic N) is 2. The smallest absolute Gasteiger partial charge is 0.193 e. The molecule has 4 heteroatoms. The van der Waals surface area contributed by atoms with Crippen LogP contribution in [-0.4, -0.2) is 44.7 Å². The fourth-order valence-electron chi connectivity index (χ4n) is 2.17. The molecule has 1 aromatic carbocycles. The quantitative estimate of drug-likeness (QED) is 0.899. The van der Waals surface area contributed by atoms with Gasteiger partial charge in [0.1, 0.15) is 5.75 Å². The third-order valence-corrected chi connectivity index (χ3v) is 3.60. The predicted molar refractivity (Wildman–Crippen MR) is 79.0 cm³/mol. The van der Waals surface area contributed by atoms with Crippen LogP contribution in [-0.2, 0) is 5.41 Å². The summed E-state index contributed by atoms with van der Waals surface area (Å²) in [6, 6.07) is 8.25. The lowest BCUT2D eigenvalue weighted by molar-refractivity contribution is 0.411. The van der Waals surface area contributed by atoms with Gasteiger partial charge in [-0.3, -0.25) is 4.99 Å². The predicted octanol–water partition coefficient (Wildman–Crippen LogP) is 1.86. The van der Waals surface area contributed by atoms with E-state index in [4.69, 9.17) is 4.74 Å². The molecule has 0 unspecified atom stereocenters. The monoisotopic (exact) mass is 261 g/mol. The number of ether oxygens (including phenoxy) is 1. The van der Waals surface area contributed by atoms with Gasteiger partial charge in [-0.15, -0.1) is 0 Å². The molecular weight excluding hydrogens is 238 g/mol. The van der Waals surface area contributed by atoms with Gasteiger partial charge in [-0.25, -0.2) is 0 Å². The first-order valence-electron chi connectivity index (χ1n) is 6.67. The molecule has 0 radical (unpaired) electrons. The first kappa shape index (κ1) is 13.7. The zero-order valence-corrected chi connectivity index (χ0v) is 12.2. The Balaban J connectivity index is 2.04. The van der Waals surface area contributed by atoms with Gasteiger partial charge in [0.25, 0.3) is 0 Å². The van der Waals surface area contributed by atoms with Gasteiger partial charge in [-0.2, -0.15) is 0 Å². The highest BCUT2D eigenvalue weighted by atomic mass is 16.5. The van der Waals surface area contributed by atoms with Gasteiger partial charge < -0.3 is 15.0 Å². The highest BCUT2D eigenvalue weighted by Gasteiger charge is 2.23. The van der Waals surface area contributed by atoms with Crippen molar-refractivity contribution in [1.29, 1.82) is 0 Å². The number of benzene rings is 1. The van der Waals surface area contributed by atoms with Crippen LogP contribution in [0.4, 0.5) is 0 Å². The van der Waals surface area contributed by atoms with Crippen LogP contribution in [0.25, 0.3) is 0 Å². The summed E-state index contributed by atoms with van der Waals surface area (Å²) in [4.78, 5) is 6.61. The van der Waals surface area contributed by atoms with E-state index in [-0.39, 0.29) is 5.41 Å². The van der Waals surface area contributed by atoms with E-state index < -0.39 is 0 Å². The molecule has 0 aromatic heterocycles. The standard InChI is InChI=1S/C15H23N3O/c1-15(2,11-17-14-16-8-9-18(14)3)12-6-5-7-13(10-12)19-4/h5-7,10H,8-9,11H2,1-4H3,(H,16,17). The van der Waals surface area contributed by atoms with Gasteiger partial charge in [0.05, 0.1) is 13.7 Å². The lowest BCUT2D eigenvalue weighted by Gasteiger charge is -2.27. The van der Waals surface area contributed by atoms with Gasteiger partial charge in [0, 0.05) is 25.6 Å². The summed E-state index contributed by atoms with van der Waals surface area (Å²) in [6.45, 7) is 7.19. The summed E-state index contributed by atoms with van der Waals surface area (Å²) < 4.78 is 5.29. The lowest BCUT2D eigenvalue weighted by Crippen LogP contribution is -2.42. The van der Waals surface area contributed by atoms with E-state index in [1.807, 2.05) is 12.1 Å². The third-order valence-electron chi connectivity index (χ3n) is 3.60. The zero-order chi connectivity index (χ0) is 13.9. The molecule has 1 N–H and O–H groups in total. The Morgan fingerprint density at radius 1 is 1.42 bits per heavy atom.